The first-order valence-electron chi connectivity index (χ1n) is 11.3. The van der Waals surface area contributed by atoms with Crippen LogP contribution in [0.3, 0.4) is 0 Å². The number of amides is 1. The van der Waals surface area contributed by atoms with Crippen LogP contribution in [0.4, 0.5) is 17.6 Å². The third-order valence-electron chi connectivity index (χ3n) is 5.89. The number of halogens is 4. The summed E-state index contributed by atoms with van der Waals surface area (Å²) in [6, 6.07) is 14.8. The van der Waals surface area contributed by atoms with Crippen LogP contribution in [0.15, 0.2) is 66.7 Å². The van der Waals surface area contributed by atoms with E-state index < -0.39 is 29.6 Å². The SMILES string of the molecule is CNC(=O)C(NC(CCc1ccc(C(F)(F)F)cc1)c1ccc(OC)c(OC)c1)c1ccc(F)cc1. The van der Waals surface area contributed by atoms with Gasteiger partial charge in [-0.15, -0.1) is 0 Å². The van der Waals surface area contributed by atoms with Gasteiger partial charge in [0.05, 0.1) is 19.8 Å². The van der Waals surface area contributed by atoms with Gasteiger partial charge in [-0.05, 0) is 65.9 Å². The molecule has 1 amide bonds. The summed E-state index contributed by atoms with van der Waals surface area (Å²) < 4.78 is 63.1. The van der Waals surface area contributed by atoms with Crippen molar-refractivity contribution >= 4 is 5.91 Å². The lowest BCUT2D eigenvalue weighted by molar-refractivity contribution is -0.137. The fraction of sp³-hybridized carbons (Fsp3) is 0.296. The summed E-state index contributed by atoms with van der Waals surface area (Å²) >= 11 is 0. The van der Waals surface area contributed by atoms with Crippen molar-refractivity contribution in [2.45, 2.75) is 31.1 Å². The molecule has 0 spiro atoms. The molecule has 0 aliphatic heterocycles. The summed E-state index contributed by atoms with van der Waals surface area (Å²) in [5.74, 6) is 0.286. The Morgan fingerprint density at radius 3 is 2.06 bits per heavy atom. The highest BCUT2D eigenvalue weighted by molar-refractivity contribution is 5.83. The van der Waals surface area contributed by atoms with Gasteiger partial charge in [-0.3, -0.25) is 10.1 Å². The van der Waals surface area contributed by atoms with E-state index >= 15 is 0 Å². The van der Waals surface area contributed by atoms with Crippen LogP contribution in [0.25, 0.3) is 0 Å². The van der Waals surface area contributed by atoms with Gasteiger partial charge in [0.1, 0.15) is 11.9 Å². The van der Waals surface area contributed by atoms with Crippen LogP contribution < -0.4 is 20.1 Å². The summed E-state index contributed by atoms with van der Waals surface area (Å²) in [6.45, 7) is 0. The molecule has 3 rings (SSSR count). The molecule has 192 valence electrons. The number of benzene rings is 3. The predicted octanol–water partition coefficient (Wildman–Crippen LogP) is 5.61. The van der Waals surface area contributed by atoms with E-state index in [1.165, 1.54) is 57.7 Å². The average Bonchev–Trinajstić information content (AvgIpc) is 2.88. The lowest BCUT2D eigenvalue weighted by Gasteiger charge is -2.26. The summed E-state index contributed by atoms with van der Waals surface area (Å²) in [5, 5.41) is 5.96. The first kappa shape index (κ1) is 27.0. The molecule has 5 nitrogen and oxygen atoms in total. The van der Waals surface area contributed by atoms with E-state index in [1.54, 1.807) is 12.1 Å². The second-order valence-electron chi connectivity index (χ2n) is 8.17. The molecule has 0 aliphatic carbocycles. The molecule has 0 heterocycles. The number of hydrogen-bond acceptors (Lipinski definition) is 4. The molecular formula is C27H28F4N2O3. The number of carbonyl (C=O) groups excluding carboxylic acids is 1. The maximum absolute atomic E-state index is 13.5. The molecule has 9 heteroatoms. The van der Waals surface area contributed by atoms with Gasteiger partial charge in [0, 0.05) is 13.1 Å². The largest absolute Gasteiger partial charge is 0.493 e. The fourth-order valence-corrected chi connectivity index (χ4v) is 3.91. The zero-order chi connectivity index (χ0) is 26.3. The molecule has 3 aromatic carbocycles. The highest BCUT2D eigenvalue weighted by Crippen LogP contribution is 2.33. The first-order chi connectivity index (χ1) is 17.2. The summed E-state index contributed by atoms with van der Waals surface area (Å²) in [6.07, 6.45) is -3.51. The number of ether oxygens (including phenoxy) is 2. The van der Waals surface area contributed by atoms with Crippen molar-refractivity contribution in [3.05, 3.63) is 94.8 Å². The molecule has 0 radical (unpaired) electrons. The van der Waals surface area contributed by atoms with Gasteiger partial charge in [0.15, 0.2) is 11.5 Å². The van der Waals surface area contributed by atoms with Crippen LogP contribution in [0.2, 0.25) is 0 Å². The quantitative estimate of drug-likeness (QED) is 0.352. The molecular weight excluding hydrogens is 476 g/mol. The summed E-state index contributed by atoms with van der Waals surface area (Å²) in [5.41, 5.74) is 1.36. The molecule has 0 saturated carbocycles. The highest BCUT2D eigenvalue weighted by atomic mass is 19.4. The van der Waals surface area contributed by atoms with Crippen molar-refractivity contribution in [3.8, 4) is 11.5 Å². The van der Waals surface area contributed by atoms with Gasteiger partial charge in [0.2, 0.25) is 5.91 Å². The maximum atomic E-state index is 13.5. The van der Waals surface area contributed by atoms with E-state index in [4.69, 9.17) is 9.47 Å². The first-order valence-corrected chi connectivity index (χ1v) is 11.3. The Hall–Kier alpha value is -3.59. The molecule has 3 aromatic rings. The summed E-state index contributed by atoms with van der Waals surface area (Å²) in [4.78, 5) is 12.8. The van der Waals surface area contributed by atoms with Crippen LogP contribution in [-0.2, 0) is 17.4 Å². The van der Waals surface area contributed by atoms with Crippen LogP contribution in [0.5, 0.6) is 11.5 Å². The Bertz CT molecular complexity index is 1150. The summed E-state index contributed by atoms with van der Waals surface area (Å²) in [7, 11) is 4.54. The number of likely N-dealkylation sites (N-methyl/N-ethyl adjacent to an activating group) is 1. The van der Waals surface area contributed by atoms with Crippen LogP contribution in [0, 0.1) is 5.82 Å². The highest BCUT2D eigenvalue weighted by Gasteiger charge is 2.30. The van der Waals surface area contributed by atoms with Crippen molar-refractivity contribution in [3.63, 3.8) is 0 Å². The van der Waals surface area contributed by atoms with E-state index in [1.807, 2.05) is 6.07 Å². The van der Waals surface area contributed by atoms with Gasteiger partial charge < -0.3 is 14.8 Å². The number of carbonyl (C=O) groups is 1. The maximum Gasteiger partial charge on any atom is 0.416 e. The van der Waals surface area contributed by atoms with Crippen molar-refractivity contribution in [2.75, 3.05) is 21.3 Å². The van der Waals surface area contributed by atoms with E-state index in [9.17, 15) is 22.4 Å². The predicted molar refractivity (Wildman–Crippen MR) is 128 cm³/mol. The van der Waals surface area contributed by atoms with Crippen LogP contribution >= 0.6 is 0 Å². The minimum absolute atomic E-state index is 0.318. The molecule has 36 heavy (non-hydrogen) atoms. The fourth-order valence-electron chi connectivity index (χ4n) is 3.91. The number of rotatable bonds is 10. The third kappa shape index (κ3) is 6.75. The lowest BCUT2D eigenvalue weighted by Crippen LogP contribution is -2.38. The monoisotopic (exact) mass is 504 g/mol. The number of alkyl halides is 3. The van der Waals surface area contributed by atoms with Gasteiger partial charge in [-0.25, -0.2) is 4.39 Å². The molecule has 2 N–H and O–H groups in total. The number of nitrogens with one attached hydrogen (secondary N) is 2. The van der Waals surface area contributed by atoms with E-state index in [0.29, 0.717) is 35.5 Å². The van der Waals surface area contributed by atoms with E-state index in [-0.39, 0.29) is 5.91 Å². The smallest absolute Gasteiger partial charge is 0.416 e. The standard InChI is InChI=1S/C27H28F4N2O3/c1-32-26(34)25(18-7-12-21(28)13-8-18)33-22(19-9-15-23(35-2)24(16-19)36-3)14-6-17-4-10-20(11-5-17)27(29,30)31/h4-5,7-13,15-16,22,25,33H,6,14H2,1-3H3,(H,32,34). The number of methoxy groups -OCH3 is 2. The van der Waals surface area contributed by atoms with Gasteiger partial charge in [0.25, 0.3) is 0 Å². The molecule has 2 unspecified atom stereocenters. The average molecular weight is 505 g/mol. The van der Waals surface area contributed by atoms with Crippen LogP contribution in [-0.4, -0.2) is 27.2 Å². The number of aryl methyl sites for hydroxylation is 1. The topological polar surface area (TPSA) is 59.6 Å². The van der Waals surface area contributed by atoms with E-state index in [2.05, 4.69) is 10.6 Å². The molecule has 0 aliphatic rings. The zero-order valence-electron chi connectivity index (χ0n) is 20.2. The number of hydrogen-bond donors (Lipinski definition) is 2. The molecule has 2 atom stereocenters. The van der Waals surface area contributed by atoms with Gasteiger partial charge in [-0.2, -0.15) is 13.2 Å². The molecule has 0 saturated heterocycles. The van der Waals surface area contributed by atoms with Gasteiger partial charge >= 0.3 is 6.18 Å². The van der Waals surface area contributed by atoms with Crippen molar-refractivity contribution in [1.82, 2.24) is 10.6 Å². The Morgan fingerprint density at radius 2 is 1.50 bits per heavy atom. The molecule has 0 fully saturated rings. The minimum atomic E-state index is -4.40. The minimum Gasteiger partial charge on any atom is -0.493 e. The second-order valence-corrected chi connectivity index (χ2v) is 8.17. The lowest BCUT2D eigenvalue weighted by atomic mass is 9.95. The third-order valence-corrected chi connectivity index (χ3v) is 5.89. The Kier molecular flexibility index (Phi) is 8.93. The van der Waals surface area contributed by atoms with Gasteiger partial charge in [-0.1, -0.05) is 30.3 Å². The van der Waals surface area contributed by atoms with Crippen LogP contribution in [0.1, 0.15) is 40.8 Å². The van der Waals surface area contributed by atoms with Crippen molar-refractivity contribution in [2.24, 2.45) is 0 Å². The van der Waals surface area contributed by atoms with Crippen molar-refractivity contribution < 1.29 is 31.8 Å². The van der Waals surface area contributed by atoms with E-state index in [0.717, 1.165) is 17.7 Å². The zero-order valence-corrected chi connectivity index (χ0v) is 20.2. The van der Waals surface area contributed by atoms with Crippen molar-refractivity contribution in [1.29, 1.82) is 0 Å². The Balaban J connectivity index is 1.93. The normalized spacial score (nSPS) is 13.1. The molecule has 0 bridgehead atoms. The Labute approximate surface area is 207 Å². The second kappa shape index (κ2) is 11.9. The Morgan fingerprint density at radius 1 is 0.889 bits per heavy atom. The molecule has 0 aromatic heterocycles.